The van der Waals surface area contributed by atoms with Gasteiger partial charge in [0.25, 0.3) is 0 Å². The molecular weight excluding hydrogens is 348 g/mol. The third-order valence-corrected chi connectivity index (χ3v) is 5.87. The van der Waals surface area contributed by atoms with Gasteiger partial charge in [0.15, 0.2) is 0 Å². The lowest BCUT2D eigenvalue weighted by atomic mass is 9.76. The number of nitrogens with two attached hydrogens (primary N) is 1. The smallest absolute Gasteiger partial charge is 0.250 e. The number of carbonyl (C=O) groups excluding carboxylic acids is 4. The minimum Gasteiger partial charge on any atom is -0.370 e. The number of benzene rings is 1. The van der Waals surface area contributed by atoms with Crippen LogP contribution in [0, 0.1) is 11.8 Å². The van der Waals surface area contributed by atoms with Gasteiger partial charge in [0, 0.05) is 30.3 Å². The van der Waals surface area contributed by atoms with E-state index in [0.29, 0.717) is 24.2 Å². The Kier molecular flexibility index (Phi) is 4.03. The van der Waals surface area contributed by atoms with E-state index in [4.69, 9.17) is 5.73 Å². The molecule has 0 unspecified atom stereocenters. The van der Waals surface area contributed by atoms with Gasteiger partial charge in [-0.1, -0.05) is 31.5 Å². The monoisotopic (exact) mass is 370 g/mol. The average Bonchev–Trinajstić information content (AvgIpc) is 3.19. The summed E-state index contributed by atoms with van der Waals surface area (Å²) in [6.45, 7) is 2.30. The predicted octanol–water partition coefficient (Wildman–Crippen LogP) is 0.0825. The predicted molar refractivity (Wildman–Crippen MR) is 96.1 cm³/mol. The fourth-order valence-electron chi connectivity index (χ4n) is 4.75. The molecule has 0 radical (unpaired) electrons. The Bertz CT molecular complexity index is 854. The number of anilines is 1. The first-order valence-corrected chi connectivity index (χ1v) is 9.24. The molecule has 1 aromatic rings. The van der Waals surface area contributed by atoms with Gasteiger partial charge < -0.3 is 11.1 Å². The molecule has 8 heteroatoms. The third kappa shape index (κ3) is 2.32. The molecule has 3 heterocycles. The Balaban J connectivity index is 1.83. The number of hydrogen-bond donors (Lipinski definition) is 3. The van der Waals surface area contributed by atoms with E-state index in [0.717, 1.165) is 6.42 Å². The molecule has 2 saturated heterocycles. The van der Waals surface area contributed by atoms with Gasteiger partial charge in [-0.15, -0.1) is 0 Å². The number of nitrogens with zero attached hydrogens (tertiary/aromatic N) is 1. The fourth-order valence-corrected chi connectivity index (χ4v) is 4.75. The van der Waals surface area contributed by atoms with Crippen LogP contribution in [0.2, 0.25) is 0 Å². The van der Waals surface area contributed by atoms with E-state index in [1.165, 1.54) is 4.90 Å². The molecular formula is C19H22N4O4. The molecule has 0 saturated carbocycles. The van der Waals surface area contributed by atoms with Gasteiger partial charge in [-0.25, -0.2) is 0 Å². The Morgan fingerprint density at radius 3 is 2.67 bits per heavy atom. The number of rotatable bonds is 5. The average molecular weight is 370 g/mol. The van der Waals surface area contributed by atoms with Crippen LogP contribution in [0.4, 0.5) is 5.69 Å². The summed E-state index contributed by atoms with van der Waals surface area (Å²) in [5.74, 6) is -3.30. The number of carbonyl (C=O) groups is 4. The number of likely N-dealkylation sites (tertiary alicyclic amines) is 1. The van der Waals surface area contributed by atoms with E-state index < -0.39 is 29.3 Å². The van der Waals surface area contributed by atoms with Crippen LogP contribution in [0.3, 0.4) is 0 Å². The van der Waals surface area contributed by atoms with Crippen molar-refractivity contribution in [3.8, 4) is 0 Å². The minimum absolute atomic E-state index is 0.112. The van der Waals surface area contributed by atoms with Crippen LogP contribution in [0.5, 0.6) is 0 Å². The second-order valence-corrected chi connectivity index (χ2v) is 7.41. The molecule has 3 aliphatic heterocycles. The number of imide groups is 1. The third-order valence-electron chi connectivity index (χ3n) is 5.87. The Morgan fingerprint density at radius 1 is 1.22 bits per heavy atom. The van der Waals surface area contributed by atoms with Crippen molar-refractivity contribution in [2.75, 3.05) is 11.9 Å². The van der Waals surface area contributed by atoms with Crippen LogP contribution in [-0.2, 0) is 24.7 Å². The van der Waals surface area contributed by atoms with E-state index in [9.17, 15) is 19.2 Å². The van der Waals surface area contributed by atoms with Gasteiger partial charge >= 0.3 is 0 Å². The summed E-state index contributed by atoms with van der Waals surface area (Å²) in [4.78, 5) is 52.1. The van der Waals surface area contributed by atoms with Crippen molar-refractivity contribution in [1.29, 1.82) is 0 Å². The molecule has 4 atom stereocenters. The Morgan fingerprint density at radius 2 is 1.96 bits per heavy atom. The number of fused-ring (bicyclic) bond motifs is 4. The Labute approximate surface area is 156 Å². The number of amides is 4. The summed E-state index contributed by atoms with van der Waals surface area (Å²) in [6, 6.07) is 6.45. The molecule has 8 nitrogen and oxygen atoms in total. The van der Waals surface area contributed by atoms with Crippen molar-refractivity contribution < 1.29 is 19.2 Å². The lowest BCUT2D eigenvalue weighted by Crippen LogP contribution is -2.53. The molecule has 3 aliphatic rings. The standard InChI is InChI=1S/C19H22N4O4/c1-2-3-8-23-16(25)14-12(9-13(20)24)22-19(15(14)17(23)26)10-6-4-5-7-11(10)21-18(19)27/h4-7,12,14-15,22H,2-3,8-9H2,1H3,(H2,20,24)(H,21,27)/t12-,14-,15-,19+/m0/s1. The maximum atomic E-state index is 13.2. The lowest BCUT2D eigenvalue weighted by molar-refractivity contribution is -0.142. The molecule has 0 bridgehead atoms. The maximum absolute atomic E-state index is 13.2. The number of hydrogen-bond acceptors (Lipinski definition) is 5. The van der Waals surface area contributed by atoms with Crippen LogP contribution in [0.25, 0.3) is 0 Å². The highest BCUT2D eigenvalue weighted by atomic mass is 16.2. The Hall–Kier alpha value is -2.74. The number of primary amides is 1. The first-order valence-electron chi connectivity index (χ1n) is 9.24. The zero-order valence-corrected chi connectivity index (χ0v) is 15.0. The van der Waals surface area contributed by atoms with Gasteiger partial charge in [-0.05, 0) is 12.5 Å². The van der Waals surface area contributed by atoms with Crippen molar-refractivity contribution >= 4 is 29.3 Å². The summed E-state index contributed by atoms with van der Waals surface area (Å²) < 4.78 is 0. The first-order chi connectivity index (χ1) is 12.9. The molecule has 27 heavy (non-hydrogen) atoms. The van der Waals surface area contributed by atoms with Crippen molar-refractivity contribution in [2.24, 2.45) is 17.6 Å². The van der Waals surface area contributed by atoms with Gasteiger partial charge in [0.2, 0.25) is 23.6 Å². The summed E-state index contributed by atoms with van der Waals surface area (Å²) in [7, 11) is 0. The summed E-state index contributed by atoms with van der Waals surface area (Å²) in [5.41, 5.74) is 5.27. The van der Waals surface area contributed by atoms with Crippen LogP contribution in [0.1, 0.15) is 31.7 Å². The van der Waals surface area contributed by atoms with E-state index in [-0.39, 0.29) is 24.1 Å². The van der Waals surface area contributed by atoms with Crippen molar-refractivity contribution in [3.63, 3.8) is 0 Å². The molecule has 4 amide bonds. The molecule has 0 aromatic heterocycles. The second-order valence-electron chi connectivity index (χ2n) is 7.41. The lowest BCUT2D eigenvalue weighted by Gasteiger charge is -2.29. The summed E-state index contributed by atoms with van der Waals surface area (Å²) in [5, 5.41) is 5.97. The molecule has 4 N–H and O–H groups in total. The van der Waals surface area contributed by atoms with E-state index >= 15 is 0 Å². The summed E-state index contributed by atoms with van der Waals surface area (Å²) >= 11 is 0. The number of nitrogens with one attached hydrogen (secondary N) is 2. The molecule has 0 aliphatic carbocycles. The van der Waals surface area contributed by atoms with Gasteiger partial charge in [-0.3, -0.25) is 29.4 Å². The number of para-hydroxylation sites is 1. The van der Waals surface area contributed by atoms with Crippen LogP contribution in [0.15, 0.2) is 24.3 Å². The highest BCUT2D eigenvalue weighted by Gasteiger charge is 2.70. The normalized spacial score (nSPS) is 31.4. The van der Waals surface area contributed by atoms with Crippen molar-refractivity contribution in [1.82, 2.24) is 10.2 Å². The second kappa shape index (κ2) is 6.16. The van der Waals surface area contributed by atoms with Crippen molar-refractivity contribution in [2.45, 2.75) is 37.8 Å². The molecule has 4 rings (SSSR count). The minimum atomic E-state index is -1.35. The SMILES string of the molecule is CCCCN1C(=O)[C@H]2[C@H](CC(N)=O)N[C@@]3(C(=O)Nc4ccccc43)[C@@H]2C1=O. The zero-order chi connectivity index (χ0) is 19.3. The maximum Gasteiger partial charge on any atom is 0.250 e. The topological polar surface area (TPSA) is 122 Å². The fraction of sp³-hybridized carbons (Fsp3) is 0.474. The van der Waals surface area contributed by atoms with Gasteiger partial charge in [-0.2, -0.15) is 0 Å². The summed E-state index contributed by atoms with van der Waals surface area (Å²) in [6.07, 6.45) is 1.42. The highest BCUT2D eigenvalue weighted by molar-refractivity contribution is 6.15. The molecule has 1 spiro atoms. The van der Waals surface area contributed by atoms with E-state index in [1.54, 1.807) is 24.3 Å². The van der Waals surface area contributed by atoms with Crippen LogP contribution >= 0.6 is 0 Å². The van der Waals surface area contributed by atoms with E-state index in [1.807, 2.05) is 6.92 Å². The quantitative estimate of drug-likeness (QED) is 0.634. The van der Waals surface area contributed by atoms with Gasteiger partial charge in [0.1, 0.15) is 5.54 Å². The molecule has 142 valence electrons. The van der Waals surface area contributed by atoms with E-state index in [2.05, 4.69) is 10.6 Å². The van der Waals surface area contributed by atoms with Crippen LogP contribution < -0.4 is 16.4 Å². The first kappa shape index (κ1) is 17.7. The molecule has 1 aromatic carbocycles. The van der Waals surface area contributed by atoms with Crippen LogP contribution in [-0.4, -0.2) is 41.1 Å². The largest absolute Gasteiger partial charge is 0.370 e. The van der Waals surface area contributed by atoms with Crippen molar-refractivity contribution in [3.05, 3.63) is 29.8 Å². The van der Waals surface area contributed by atoms with Gasteiger partial charge in [0.05, 0.1) is 11.8 Å². The zero-order valence-electron chi connectivity index (χ0n) is 15.0. The highest BCUT2D eigenvalue weighted by Crippen LogP contribution is 2.53. The number of unbranched alkanes of at least 4 members (excludes halogenated alkanes) is 1. The molecule has 2 fully saturated rings.